The fraction of sp³-hybridized carbons (Fsp3) is 0.158. The molecule has 0 radical (unpaired) electrons. The Kier molecular flexibility index (Phi) is 5.70. The summed E-state index contributed by atoms with van der Waals surface area (Å²) in [5.74, 6) is -0.372. The first-order valence-electron chi connectivity index (χ1n) is 8.01. The summed E-state index contributed by atoms with van der Waals surface area (Å²) < 4.78 is 5.11. The molecule has 0 aliphatic heterocycles. The first-order chi connectivity index (χ1) is 12.8. The van der Waals surface area contributed by atoms with Crippen LogP contribution in [0, 0.1) is 0 Å². The van der Waals surface area contributed by atoms with Gasteiger partial charge in [-0.05, 0) is 42.9 Å². The predicted molar refractivity (Wildman–Crippen MR) is 106 cm³/mol. The lowest BCUT2D eigenvalue weighted by atomic mass is 10.1. The molecule has 2 aromatic carbocycles. The number of carbonyl (C=O) groups excluding carboxylic acids is 1. The molecule has 6 nitrogen and oxygen atoms in total. The quantitative estimate of drug-likeness (QED) is 0.628. The Morgan fingerprint density at radius 1 is 1.19 bits per heavy atom. The molecule has 1 amide bonds. The SMILES string of the molecule is CN(CC(=O)Nc1ccc(Cl)cc1)Cc1cc(=O)oc2cc(O)c(Cl)cc12. The molecule has 0 bridgehead atoms. The van der Waals surface area contributed by atoms with E-state index in [0.717, 1.165) is 0 Å². The first-order valence-corrected chi connectivity index (χ1v) is 8.76. The minimum Gasteiger partial charge on any atom is -0.506 e. The number of phenolic OH excluding ortho intramolecular Hbond substituents is 1. The Morgan fingerprint density at radius 3 is 2.59 bits per heavy atom. The van der Waals surface area contributed by atoms with Crippen molar-refractivity contribution in [1.82, 2.24) is 4.90 Å². The minimum atomic E-state index is -0.543. The van der Waals surface area contributed by atoms with E-state index < -0.39 is 5.63 Å². The van der Waals surface area contributed by atoms with Crippen molar-refractivity contribution < 1.29 is 14.3 Å². The Morgan fingerprint density at radius 2 is 1.89 bits per heavy atom. The molecule has 2 N–H and O–H groups in total. The molecule has 8 heteroatoms. The van der Waals surface area contributed by atoms with E-state index in [2.05, 4.69) is 5.32 Å². The Bertz CT molecular complexity index is 1050. The summed E-state index contributed by atoms with van der Waals surface area (Å²) in [6.45, 7) is 0.424. The summed E-state index contributed by atoms with van der Waals surface area (Å²) >= 11 is 11.8. The van der Waals surface area contributed by atoms with Gasteiger partial charge in [0.1, 0.15) is 11.3 Å². The molecule has 0 saturated carbocycles. The lowest BCUT2D eigenvalue weighted by molar-refractivity contribution is -0.117. The van der Waals surface area contributed by atoms with Crippen molar-refractivity contribution in [3.05, 3.63) is 68.5 Å². The second kappa shape index (κ2) is 8.00. The van der Waals surface area contributed by atoms with Crippen molar-refractivity contribution in [2.75, 3.05) is 18.9 Å². The van der Waals surface area contributed by atoms with Crippen LogP contribution in [0.3, 0.4) is 0 Å². The topological polar surface area (TPSA) is 82.8 Å². The number of nitrogens with one attached hydrogen (secondary N) is 1. The fourth-order valence-electron chi connectivity index (χ4n) is 2.69. The number of benzene rings is 2. The number of amides is 1. The van der Waals surface area contributed by atoms with Crippen LogP contribution in [0.4, 0.5) is 5.69 Å². The number of fused-ring (bicyclic) bond motifs is 1. The van der Waals surface area contributed by atoms with Crippen LogP contribution in [-0.2, 0) is 11.3 Å². The average molecular weight is 407 g/mol. The summed E-state index contributed by atoms with van der Waals surface area (Å²) in [6.07, 6.45) is 0. The van der Waals surface area contributed by atoms with Gasteiger partial charge in [-0.25, -0.2) is 4.79 Å². The van der Waals surface area contributed by atoms with Gasteiger partial charge in [0, 0.05) is 34.8 Å². The molecule has 0 aliphatic rings. The highest BCUT2D eigenvalue weighted by atomic mass is 35.5. The number of hydrogen-bond acceptors (Lipinski definition) is 5. The third-order valence-electron chi connectivity index (χ3n) is 3.88. The number of carbonyl (C=O) groups is 1. The maximum absolute atomic E-state index is 12.2. The molecule has 1 heterocycles. The van der Waals surface area contributed by atoms with Gasteiger partial charge in [0.25, 0.3) is 0 Å². The third kappa shape index (κ3) is 4.80. The van der Waals surface area contributed by atoms with E-state index in [-0.39, 0.29) is 28.8 Å². The summed E-state index contributed by atoms with van der Waals surface area (Å²) in [4.78, 5) is 25.7. The van der Waals surface area contributed by atoms with Crippen LogP contribution in [0.2, 0.25) is 10.0 Å². The second-order valence-electron chi connectivity index (χ2n) is 6.12. The largest absolute Gasteiger partial charge is 0.506 e. The highest BCUT2D eigenvalue weighted by molar-refractivity contribution is 6.32. The van der Waals surface area contributed by atoms with E-state index in [1.165, 1.54) is 18.2 Å². The fourth-order valence-corrected chi connectivity index (χ4v) is 2.98. The molecule has 3 rings (SSSR count). The summed E-state index contributed by atoms with van der Waals surface area (Å²) in [7, 11) is 1.75. The van der Waals surface area contributed by atoms with Crippen molar-refractivity contribution in [2.24, 2.45) is 0 Å². The lowest BCUT2D eigenvalue weighted by Gasteiger charge is -2.17. The van der Waals surface area contributed by atoms with Gasteiger partial charge in [0.2, 0.25) is 5.91 Å². The average Bonchev–Trinajstić information content (AvgIpc) is 2.58. The lowest BCUT2D eigenvalue weighted by Crippen LogP contribution is -2.30. The van der Waals surface area contributed by atoms with Gasteiger partial charge < -0.3 is 14.8 Å². The van der Waals surface area contributed by atoms with E-state index in [1.54, 1.807) is 36.2 Å². The molecule has 0 aliphatic carbocycles. The van der Waals surface area contributed by atoms with E-state index in [1.807, 2.05) is 0 Å². The molecule has 27 heavy (non-hydrogen) atoms. The van der Waals surface area contributed by atoms with Crippen molar-refractivity contribution in [1.29, 1.82) is 0 Å². The highest BCUT2D eigenvalue weighted by Crippen LogP contribution is 2.30. The summed E-state index contributed by atoms with van der Waals surface area (Å²) in [5.41, 5.74) is 0.979. The monoisotopic (exact) mass is 406 g/mol. The normalized spacial score (nSPS) is 11.1. The number of rotatable bonds is 5. The molecule has 1 aromatic heterocycles. The van der Waals surface area contributed by atoms with E-state index in [9.17, 15) is 14.7 Å². The van der Waals surface area contributed by atoms with Gasteiger partial charge in [0.15, 0.2) is 0 Å². The highest BCUT2D eigenvalue weighted by Gasteiger charge is 2.13. The molecule has 0 atom stereocenters. The van der Waals surface area contributed by atoms with E-state index >= 15 is 0 Å². The molecule has 0 spiro atoms. The van der Waals surface area contributed by atoms with Crippen LogP contribution < -0.4 is 10.9 Å². The van der Waals surface area contributed by atoms with E-state index in [4.69, 9.17) is 27.6 Å². The second-order valence-corrected chi connectivity index (χ2v) is 6.96. The third-order valence-corrected chi connectivity index (χ3v) is 4.43. The van der Waals surface area contributed by atoms with E-state index in [0.29, 0.717) is 28.2 Å². The number of anilines is 1. The number of hydrogen-bond donors (Lipinski definition) is 2. The first kappa shape index (κ1) is 19.2. The molecule has 0 unspecified atom stereocenters. The zero-order valence-electron chi connectivity index (χ0n) is 14.3. The van der Waals surface area contributed by atoms with Crippen LogP contribution in [0.15, 0.2) is 51.7 Å². The number of likely N-dealkylation sites (N-methyl/N-ethyl adjacent to an activating group) is 1. The zero-order valence-corrected chi connectivity index (χ0v) is 15.8. The predicted octanol–water partition coefficient (Wildman–Crippen LogP) is 3.88. The Hall–Kier alpha value is -2.54. The molecule has 0 saturated heterocycles. The van der Waals surface area contributed by atoms with Crippen molar-refractivity contribution >= 4 is 45.8 Å². The van der Waals surface area contributed by atoms with Crippen LogP contribution in [0.5, 0.6) is 5.75 Å². The summed E-state index contributed by atoms with van der Waals surface area (Å²) in [6, 6.07) is 11.0. The molecule has 3 aromatic rings. The number of aromatic hydroxyl groups is 1. The van der Waals surface area contributed by atoms with Crippen LogP contribution in [0.25, 0.3) is 11.0 Å². The standard InChI is InChI=1S/C19H16Cl2N2O4/c1-23(10-18(25)22-13-4-2-12(20)3-5-13)9-11-6-19(26)27-17-8-16(24)15(21)7-14(11)17/h2-8,24H,9-10H2,1H3,(H,22,25). The van der Waals surface area contributed by atoms with Gasteiger partial charge in [0.05, 0.1) is 11.6 Å². The number of halogens is 2. The molecular formula is C19H16Cl2N2O4. The molecular weight excluding hydrogens is 391 g/mol. The van der Waals surface area contributed by atoms with Gasteiger partial charge >= 0.3 is 5.63 Å². The van der Waals surface area contributed by atoms with Gasteiger partial charge in [-0.15, -0.1) is 0 Å². The van der Waals surface area contributed by atoms with Crippen molar-refractivity contribution in [3.8, 4) is 5.75 Å². The van der Waals surface area contributed by atoms with Crippen LogP contribution in [0.1, 0.15) is 5.56 Å². The minimum absolute atomic E-state index is 0.107. The zero-order chi connectivity index (χ0) is 19.6. The van der Waals surface area contributed by atoms with Gasteiger partial charge in [-0.3, -0.25) is 9.69 Å². The Balaban J connectivity index is 1.74. The van der Waals surface area contributed by atoms with Crippen molar-refractivity contribution in [3.63, 3.8) is 0 Å². The molecule has 0 fully saturated rings. The van der Waals surface area contributed by atoms with Crippen LogP contribution in [-0.4, -0.2) is 29.5 Å². The van der Waals surface area contributed by atoms with Gasteiger partial charge in [-0.2, -0.15) is 0 Å². The number of nitrogens with zero attached hydrogens (tertiary/aromatic N) is 1. The number of phenols is 1. The van der Waals surface area contributed by atoms with Crippen molar-refractivity contribution in [2.45, 2.75) is 6.54 Å². The summed E-state index contributed by atoms with van der Waals surface area (Å²) in [5, 5.41) is 13.8. The smallest absolute Gasteiger partial charge is 0.336 e. The Labute approximate surface area is 164 Å². The maximum atomic E-state index is 12.2. The van der Waals surface area contributed by atoms with Crippen LogP contribution >= 0.6 is 23.2 Å². The van der Waals surface area contributed by atoms with Gasteiger partial charge in [-0.1, -0.05) is 23.2 Å². The molecule has 140 valence electrons. The maximum Gasteiger partial charge on any atom is 0.336 e.